The summed E-state index contributed by atoms with van der Waals surface area (Å²) in [6.07, 6.45) is 3.88. The number of halogens is 1. The van der Waals surface area contributed by atoms with E-state index in [4.69, 9.17) is 4.74 Å². The second-order valence-electron chi connectivity index (χ2n) is 6.64. The Labute approximate surface area is 165 Å². The summed E-state index contributed by atoms with van der Waals surface area (Å²) in [5.41, 5.74) is 0.623. The molecule has 2 aromatic carbocycles. The molecule has 3 aromatic rings. The standard InChI is InChI=1S/C20H22N2O3S.ClH/c1-15(18-9-6-13-21-18)25-20-11-5-10-19-17(20)12-14-22(19)26(23,24)16-7-3-2-4-8-16;/h2-5,7-8,10-12,14-15,18,21H,6,9,13H2,1H3;1H. The van der Waals surface area contributed by atoms with E-state index in [-0.39, 0.29) is 23.4 Å². The fourth-order valence-electron chi connectivity index (χ4n) is 3.53. The largest absolute Gasteiger partial charge is 0.488 e. The molecule has 1 fully saturated rings. The number of aromatic nitrogens is 1. The molecule has 2 atom stereocenters. The van der Waals surface area contributed by atoms with Crippen LogP contribution in [0.4, 0.5) is 0 Å². The van der Waals surface area contributed by atoms with Crippen molar-refractivity contribution in [1.82, 2.24) is 9.29 Å². The topological polar surface area (TPSA) is 60.3 Å². The summed E-state index contributed by atoms with van der Waals surface area (Å²) in [6.45, 7) is 3.08. The van der Waals surface area contributed by atoms with Crippen LogP contribution < -0.4 is 10.1 Å². The molecule has 0 radical (unpaired) electrons. The fourth-order valence-corrected chi connectivity index (χ4v) is 4.90. The minimum absolute atomic E-state index is 0. The number of hydrogen-bond donors (Lipinski definition) is 1. The number of nitrogens with zero attached hydrogens (tertiary/aromatic N) is 1. The summed E-state index contributed by atoms with van der Waals surface area (Å²) in [6, 6.07) is 16.1. The van der Waals surface area contributed by atoms with Crippen molar-refractivity contribution in [3.8, 4) is 5.75 Å². The Kier molecular flexibility index (Phi) is 5.79. The fraction of sp³-hybridized carbons (Fsp3) is 0.300. The summed E-state index contributed by atoms with van der Waals surface area (Å²) in [4.78, 5) is 0.271. The number of hydrogen-bond acceptors (Lipinski definition) is 4. The van der Waals surface area contributed by atoms with Crippen molar-refractivity contribution >= 4 is 33.3 Å². The van der Waals surface area contributed by atoms with Crippen LogP contribution in [0.25, 0.3) is 10.9 Å². The molecular formula is C20H23ClN2O3S. The van der Waals surface area contributed by atoms with E-state index in [2.05, 4.69) is 12.2 Å². The van der Waals surface area contributed by atoms with Crippen molar-refractivity contribution in [1.29, 1.82) is 0 Å². The first-order chi connectivity index (χ1) is 12.6. The summed E-state index contributed by atoms with van der Waals surface area (Å²) < 4.78 is 33.4. The molecule has 27 heavy (non-hydrogen) atoms. The van der Waals surface area contributed by atoms with Crippen molar-refractivity contribution in [3.05, 3.63) is 60.8 Å². The lowest BCUT2D eigenvalue weighted by Gasteiger charge is -2.21. The molecule has 144 valence electrons. The molecule has 0 aliphatic carbocycles. The Morgan fingerprint density at radius 3 is 2.59 bits per heavy atom. The van der Waals surface area contributed by atoms with Gasteiger partial charge in [-0.2, -0.15) is 0 Å². The van der Waals surface area contributed by atoms with Gasteiger partial charge >= 0.3 is 0 Å². The van der Waals surface area contributed by atoms with Gasteiger partial charge in [0, 0.05) is 17.6 Å². The van der Waals surface area contributed by atoms with Gasteiger partial charge in [-0.05, 0) is 56.6 Å². The second kappa shape index (κ2) is 7.92. The summed E-state index contributed by atoms with van der Waals surface area (Å²) in [5, 5.41) is 4.25. The maximum atomic E-state index is 13.0. The smallest absolute Gasteiger partial charge is 0.268 e. The highest BCUT2D eigenvalue weighted by molar-refractivity contribution is 7.90. The molecule has 2 unspecified atom stereocenters. The van der Waals surface area contributed by atoms with Crippen LogP contribution in [0.1, 0.15) is 19.8 Å². The Morgan fingerprint density at radius 2 is 1.89 bits per heavy atom. The van der Waals surface area contributed by atoms with Crippen molar-refractivity contribution in [2.24, 2.45) is 0 Å². The third-order valence-corrected chi connectivity index (χ3v) is 6.64. The Balaban J connectivity index is 0.00000210. The lowest BCUT2D eigenvalue weighted by atomic mass is 10.1. The molecule has 0 bridgehead atoms. The molecule has 5 nitrogen and oxygen atoms in total. The number of fused-ring (bicyclic) bond motifs is 1. The summed E-state index contributed by atoms with van der Waals surface area (Å²) >= 11 is 0. The molecule has 0 spiro atoms. The molecule has 0 amide bonds. The van der Waals surface area contributed by atoms with Crippen molar-refractivity contribution < 1.29 is 13.2 Å². The average molecular weight is 407 g/mol. The SMILES string of the molecule is CC(Oc1cccc2c1ccn2S(=O)(=O)c1ccccc1)C1CCCN1.Cl. The van der Waals surface area contributed by atoms with E-state index < -0.39 is 10.0 Å². The Bertz CT molecular complexity index is 1010. The van der Waals surface area contributed by atoms with E-state index in [9.17, 15) is 8.42 Å². The van der Waals surface area contributed by atoms with E-state index in [1.165, 1.54) is 3.97 Å². The van der Waals surface area contributed by atoms with Gasteiger partial charge in [0.15, 0.2) is 0 Å². The number of ether oxygens (including phenoxy) is 1. The van der Waals surface area contributed by atoms with Gasteiger partial charge in [0.1, 0.15) is 11.9 Å². The minimum Gasteiger partial charge on any atom is -0.488 e. The molecule has 1 saturated heterocycles. The normalized spacial score (nSPS) is 18.2. The third-order valence-electron chi connectivity index (χ3n) is 4.94. The van der Waals surface area contributed by atoms with E-state index >= 15 is 0 Å². The molecule has 4 rings (SSSR count). The molecule has 0 saturated carbocycles. The molecule has 1 aliphatic rings. The van der Waals surface area contributed by atoms with Gasteiger partial charge < -0.3 is 10.1 Å². The molecule has 1 aliphatic heterocycles. The highest BCUT2D eigenvalue weighted by atomic mass is 35.5. The quantitative estimate of drug-likeness (QED) is 0.699. The maximum absolute atomic E-state index is 13.0. The molecule has 1 aromatic heterocycles. The van der Waals surface area contributed by atoms with E-state index in [0.29, 0.717) is 17.3 Å². The summed E-state index contributed by atoms with van der Waals surface area (Å²) in [5.74, 6) is 0.714. The lowest BCUT2D eigenvalue weighted by molar-refractivity contribution is 0.182. The zero-order valence-electron chi connectivity index (χ0n) is 15.0. The van der Waals surface area contributed by atoms with Gasteiger partial charge in [0.05, 0.1) is 10.4 Å². The van der Waals surface area contributed by atoms with Gasteiger partial charge in [0.2, 0.25) is 0 Å². The first-order valence-electron chi connectivity index (χ1n) is 8.88. The highest BCUT2D eigenvalue weighted by Crippen LogP contribution is 2.30. The predicted octanol–water partition coefficient (Wildman–Crippen LogP) is 3.82. The predicted molar refractivity (Wildman–Crippen MR) is 109 cm³/mol. The monoisotopic (exact) mass is 406 g/mol. The molecule has 2 heterocycles. The average Bonchev–Trinajstić information content (AvgIpc) is 3.33. The maximum Gasteiger partial charge on any atom is 0.268 e. The van der Waals surface area contributed by atoms with Crippen LogP contribution in [-0.2, 0) is 10.0 Å². The van der Waals surface area contributed by atoms with Gasteiger partial charge in [0.25, 0.3) is 10.0 Å². The van der Waals surface area contributed by atoms with Gasteiger partial charge in [-0.3, -0.25) is 0 Å². The van der Waals surface area contributed by atoms with Crippen LogP contribution in [0.2, 0.25) is 0 Å². The zero-order chi connectivity index (χ0) is 18.1. The van der Waals surface area contributed by atoms with Gasteiger partial charge in [-0.25, -0.2) is 12.4 Å². The van der Waals surface area contributed by atoms with Crippen LogP contribution in [0.5, 0.6) is 5.75 Å². The number of nitrogens with one attached hydrogen (secondary N) is 1. The molecule has 7 heteroatoms. The molecule has 1 N–H and O–H groups in total. The first-order valence-corrected chi connectivity index (χ1v) is 10.3. The van der Waals surface area contributed by atoms with Crippen LogP contribution in [0.15, 0.2) is 65.7 Å². The van der Waals surface area contributed by atoms with Crippen molar-refractivity contribution in [2.45, 2.75) is 36.8 Å². The first kappa shape index (κ1) is 19.7. The highest BCUT2D eigenvalue weighted by Gasteiger charge is 2.24. The lowest BCUT2D eigenvalue weighted by Crippen LogP contribution is -2.36. The van der Waals surface area contributed by atoms with E-state index in [0.717, 1.165) is 24.8 Å². The van der Waals surface area contributed by atoms with Gasteiger partial charge in [-0.15, -0.1) is 12.4 Å². The number of benzene rings is 2. The minimum atomic E-state index is -3.63. The van der Waals surface area contributed by atoms with Crippen LogP contribution >= 0.6 is 12.4 Å². The van der Waals surface area contributed by atoms with Crippen molar-refractivity contribution in [2.75, 3.05) is 6.54 Å². The second-order valence-corrected chi connectivity index (χ2v) is 8.46. The van der Waals surface area contributed by atoms with Crippen LogP contribution in [0, 0.1) is 0 Å². The third kappa shape index (κ3) is 3.70. The zero-order valence-corrected chi connectivity index (χ0v) is 16.7. The van der Waals surface area contributed by atoms with E-state index in [1.807, 2.05) is 12.1 Å². The van der Waals surface area contributed by atoms with Crippen LogP contribution in [-0.4, -0.2) is 31.1 Å². The van der Waals surface area contributed by atoms with Gasteiger partial charge in [-0.1, -0.05) is 24.3 Å². The van der Waals surface area contributed by atoms with E-state index in [1.54, 1.807) is 48.7 Å². The number of rotatable bonds is 5. The molecular weight excluding hydrogens is 384 g/mol. The Hall–Kier alpha value is -2.02. The Morgan fingerprint density at radius 1 is 1.11 bits per heavy atom. The summed E-state index contributed by atoms with van der Waals surface area (Å²) in [7, 11) is -3.63. The van der Waals surface area contributed by atoms with Crippen molar-refractivity contribution in [3.63, 3.8) is 0 Å². The van der Waals surface area contributed by atoms with Crippen LogP contribution in [0.3, 0.4) is 0 Å².